The predicted octanol–water partition coefficient (Wildman–Crippen LogP) is 2.75. The fourth-order valence-corrected chi connectivity index (χ4v) is 1.60. The number of carboxylic acids is 1. The average molecular weight is 254 g/mol. The van der Waals surface area contributed by atoms with Crippen molar-refractivity contribution in [3.8, 4) is 17.7 Å². The van der Waals surface area contributed by atoms with Crippen molar-refractivity contribution in [2.24, 2.45) is 0 Å². The second-order valence-corrected chi connectivity index (χ2v) is 3.83. The second kappa shape index (κ2) is 5.19. The van der Waals surface area contributed by atoms with Crippen molar-refractivity contribution in [2.45, 2.75) is 6.92 Å². The fraction of sp³-hybridized carbons (Fsp3) is 0.0714. The minimum absolute atomic E-state index is 0.175. The number of hydrogen-bond acceptors (Lipinski definition) is 4. The highest BCUT2D eigenvalue weighted by Crippen LogP contribution is 2.26. The van der Waals surface area contributed by atoms with Gasteiger partial charge in [0.25, 0.3) is 0 Å². The maximum absolute atomic E-state index is 11.0. The number of aromatic nitrogens is 1. The van der Waals surface area contributed by atoms with E-state index in [0.717, 1.165) is 0 Å². The van der Waals surface area contributed by atoms with E-state index in [9.17, 15) is 4.79 Å². The van der Waals surface area contributed by atoms with E-state index in [2.05, 4.69) is 4.98 Å². The number of nitriles is 1. The van der Waals surface area contributed by atoms with Crippen molar-refractivity contribution in [1.82, 2.24) is 4.98 Å². The minimum Gasteiger partial charge on any atom is -0.478 e. The molecule has 0 fully saturated rings. The molecule has 5 heteroatoms. The molecule has 2 aromatic rings. The molecule has 0 atom stereocenters. The highest BCUT2D eigenvalue weighted by Gasteiger charge is 2.11. The first kappa shape index (κ1) is 12.6. The van der Waals surface area contributed by atoms with Crippen LogP contribution in [-0.4, -0.2) is 16.1 Å². The summed E-state index contributed by atoms with van der Waals surface area (Å²) in [5, 5.41) is 17.8. The van der Waals surface area contributed by atoms with Gasteiger partial charge in [0, 0.05) is 17.8 Å². The van der Waals surface area contributed by atoms with E-state index in [0.29, 0.717) is 16.9 Å². The Morgan fingerprint density at radius 2 is 2.21 bits per heavy atom. The van der Waals surface area contributed by atoms with Crippen molar-refractivity contribution >= 4 is 5.97 Å². The number of aromatic carboxylic acids is 1. The van der Waals surface area contributed by atoms with Gasteiger partial charge in [-0.1, -0.05) is 6.07 Å². The third-order valence-electron chi connectivity index (χ3n) is 2.59. The molecule has 0 saturated carbocycles. The maximum Gasteiger partial charge on any atom is 0.336 e. The van der Waals surface area contributed by atoms with Crippen molar-refractivity contribution in [2.75, 3.05) is 0 Å². The number of carboxylic acid groups (broad SMARTS) is 1. The Morgan fingerprint density at radius 1 is 1.42 bits per heavy atom. The molecular weight excluding hydrogens is 244 g/mol. The Morgan fingerprint density at radius 3 is 2.89 bits per heavy atom. The van der Waals surface area contributed by atoms with Crippen molar-refractivity contribution in [3.63, 3.8) is 0 Å². The van der Waals surface area contributed by atoms with Gasteiger partial charge < -0.3 is 9.84 Å². The number of hydrogen-bond donors (Lipinski definition) is 1. The maximum atomic E-state index is 11.0. The van der Waals surface area contributed by atoms with E-state index in [4.69, 9.17) is 15.1 Å². The number of ether oxygens (including phenoxy) is 1. The third-order valence-corrected chi connectivity index (χ3v) is 2.59. The summed E-state index contributed by atoms with van der Waals surface area (Å²) in [5.74, 6) is -0.353. The Labute approximate surface area is 109 Å². The highest BCUT2D eigenvalue weighted by molar-refractivity contribution is 5.90. The summed E-state index contributed by atoms with van der Waals surface area (Å²) in [7, 11) is 0. The van der Waals surface area contributed by atoms with Gasteiger partial charge in [-0.05, 0) is 25.1 Å². The Balaban J connectivity index is 2.36. The lowest BCUT2D eigenvalue weighted by Crippen LogP contribution is -2.01. The highest BCUT2D eigenvalue weighted by atomic mass is 16.5. The van der Waals surface area contributed by atoms with E-state index < -0.39 is 5.97 Å². The van der Waals surface area contributed by atoms with Gasteiger partial charge >= 0.3 is 5.97 Å². The van der Waals surface area contributed by atoms with E-state index in [1.165, 1.54) is 18.3 Å². The van der Waals surface area contributed by atoms with Crippen LogP contribution in [-0.2, 0) is 0 Å². The first-order valence-electron chi connectivity index (χ1n) is 5.48. The normalized spacial score (nSPS) is 9.68. The molecule has 0 spiro atoms. The van der Waals surface area contributed by atoms with E-state index in [1.54, 1.807) is 25.1 Å². The van der Waals surface area contributed by atoms with Crippen LogP contribution in [0.3, 0.4) is 0 Å². The van der Waals surface area contributed by atoms with Crippen LogP contribution in [0.4, 0.5) is 0 Å². The first-order valence-corrected chi connectivity index (χ1v) is 5.48. The van der Waals surface area contributed by atoms with Gasteiger partial charge in [-0.2, -0.15) is 5.26 Å². The lowest BCUT2D eigenvalue weighted by Gasteiger charge is -2.09. The van der Waals surface area contributed by atoms with Gasteiger partial charge in [-0.25, -0.2) is 9.78 Å². The molecule has 0 aliphatic heterocycles. The molecule has 1 heterocycles. The number of carbonyl (C=O) groups is 1. The predicted molar refractivity (Wildman–Crippen MR) is 67.2 cm³/mol. The van der Waals surface area contributed by atoms with Crippen molar-refractivity contribution < 1.29 is 14.6 Å². The number of pyridine rings is 1. The summed E-state index contributed by atoms with van der Waals surface area (Å²) in [4.78, 5) is 15.0. The molecule has 5 nitrogen and oxygen atoms in total. The SMILES string of the molecule is Cc1c(Oc2cc(C#N)ccn2)cccc1C(=O)O. The van der Waals surface area contributed by atoms with Crippen LogP contribution in [0.25, 0.3) is 0 Å². The topological polar surface area (TPSA) is 83.2 Å². The van der Waals surface area contributed by atoms with Crippen LogP contribution in [0.1, 0.15) is 21.5 Å². The summed E-state index contributed by atoms with van der Waals surface area (Å²) in [6.45, 7) is 1.66. The molecule has 1 aromatic carbocycles. The summed E-state index contributed by atoms with van der Waals surface area (Å²) in [6, 6.07) is 9.80. The van der Waals surface area contributed by atoms with Crippen LogP contribution in [0.2, 0.25) is 0 Å². The van der Waals surface area contributed by atoms with E-state index in [-0.39, 0.29) is 11.4 Å². The molecule has 0 bridgehead atoms. The minimum atomic E-state index is -1.01. The van der Waals surface area contributed by atoms with Gasteiger partial charge in [0.15, 0.2) is 0 Å². The Hall–Kier alpha value is -2.87. The van der Waals surface area contributed by atoms with Gasteiger partial charge in [0.05, 0.1) is 17.2 Å². The summed E-state index contributed by atoms with van der Waals surface area (Å²) in [5.41, 5.74) is 1.12. The van der Waals surface area contributed by atoms with E-state index in [1.807, 2.05) is 6.07 Å². The van der Waals surface area contributed by atoms with Crippen LogP contribution in [0, 0.1) is 18.3 Å². The molecule has 0 aliphatic carbocycles. The quantitative estimate of drug-likeness (QED) is 0.910. The van der Waals surface area contributed by atoms with Gasteiger partial charge in [-0.3, -0.25) is 0 Å². The number of benzene rings is 1. The fourth-order valence-electron chi connectivity index (χ4n) is 1.60. The Kier molecular flexibility index (Phi) is 3.44. The lowest BCUT2D eigenvalue weighted by atomic mass is 10.1. The number of rotatable bonds is 3. The molecular formula is C14H10N2O3. The average Bonchev–Trinajstić information content (AvgIpc) is 2.41. The summed E-state index contributed by atoms with van der Waals surface area (Å²) >= 11 is 0. The lowest BCUT2D eigenvalue weighted by molar-refractivity contribution is 0.0695. The first-order chi connectivity index (χ1) is 9.11. The zero-order valence-corrected chi connectivity index (χ0v) is 10.1. The summed E-state index contributed by atoms with van der Waals surface area (Å²) in [6.07, 6.45) is 1.46. The molecule has 94 valence electrons. The zero-order valence-electron chi connectivity index (χ0n) is 10.1. The standard InChI is InChI=1S/C14H10N2O3/c1-9-11(14(17)18)3-2-4-12(9)19-13-7-10(8-15)5-6-16-13/h2-7H,1H3,(H,17,18). The van der Waals surface area contributed by atoms with E-state index >= 15 is 0 Å². The molecule has 0 aliphatic rings. The van der Waals surface area contributed by atoms with Crippen LogP contribution in [0.5, 0.6) is 11.6 Å². The molecule has 1 N–H and O–H groups in total. The van der Waals surface area contributed by atoms with Crippen LogP contribution in [0.15, 0.2) is 36.5 Å². The molecule has 0 saturated heterocycles. The molecule has 1 aromatic heterocycles. The van der Waals surface area contributed by atoms with Crippen LogP contribution >= 0.6 is 0 Å². The molecule has 0 amide bonds. The molecule has 0 radical (unpaired) electrons. The van der Waals surface area contributed by atoms with Crippen molar-refractivity contribution in [1.29, 1.82) is 5.26 Å². The smallest absolute Gasteiger partial charge is 0.336 e. The molecule has 2 rings (SSSR count). The Bertz CT molecular complexity index is 675. The molecule has 19 heavy (non-hydrogen) atoms. The number of nitrogens with zero attached hydrogens (tertiary/aromatic N) is 2. The zero-order chi connectivity index (χ0) is 13.8. The third kappa shape index (κ3) is 2.69. The van der Waals surface area contributed by atoms with Gasteiger partial charge in [0.1, 0.15) is 5.75 Å². The summed E-state index contributed by atoms with van der Waals surface area (Å²) < 4.78 is 5.52. The van der Waals surface area contributed by atoms with Crippen molar-refractivity contribution in [3.05, 3.63) is 53.2 Å². The second-order valence-electron chi connectivity index (χ2n) is 3.83. The molecule has 0 unspecified atom stereocenters. The van der Waals surface area contributed by atoms with Gasteiger partial charge in [0.2, 0.25) is 5.88 Å². The monoisotopic (exact) mass is 254 g/mol. The largest absolute Gasteiger partial charge is 0.478 e. The van der Waals surface area contributed by atoms with Crippen LogP contribution < -0.4 is 4.74 Å². The van der Waals surface area contributed by atoms with Gasteiger partial charge in [-0.15, -0.1) is 0 Å².